The van der Waals surface area contributed by atoms with Gasteiger partial charge in [-0.15, -0.1) is 0 Å². The first-order chi connectivity index (χ1) is 17.3. The van der Waals surface area contributed by atoms with Gasteiger partial charge in [-0.25, -0.2) is 9.29 Å². The average Bonchev–Trinajstić information content (AvgIpc) is 3.17. The van der Waals surface area contributed by atoms with Gasteiger partial charge < -0.3 is 14.4 Å². The summed E-state index contributed by atoms with van der Waals surface area (Å²) in [7, 11) is 3.06. The highest BCUT2D eigenvalue weighted by Crippen LogP contribution is 2.30. The van der Waals surface area contributed by atoms with E-state index in [9.17, 15) is 18.8 Å². The normalized spacial score (nSPS) is 15.2. The van der Waals surface area contributed by atoms with Crippen LogP contribution in [0.2, 0.25) is 5.02 Å². The molecule has 3 amide bonds. The highest BCUT2D eigenvalue weighted by molar-refractivity contribution is 6.31. The summed E-state index contributed by atoms with van der Waals surface area (Å²) in [6.45, 7) is 0.114. The van der Waals surface area contributed by atoms with Crippen LogP contribution in [0.5, 0.6) is 11.5 Å². The Hall–Kier alpha value is -3.91. The standard InChI is InChI=1S/C27H24ClFN2O5/c1-35-23-11-6-17(14-24(23)36-2)12-13-30(26(33)18-4-3-5-20(29)15-18)22-16-25(32)31(27(22)34)21-9-7-19(28)8-10-21/h3-11,14-15,22H,12-13,16H2,1-2H3/t22-/m1/s1. The Labute approximate surface area is 213 Å². The zero-order valence-electron chi connectivity index (χ0n) is 19.7. The molecule has 0 aliphatic carbocycles. The van der Waals surface area contributed by atoms with Crippen molar-refractivity contribution in [3.63, 3.8) is 0 Å². The molecule has 186 valence electrons. The molecule has 0 spiro atoms. The molecule has 0 N–H and O–H groups in total. The smallest absolute Gasteiger partial charge is 0.257 e. The van der Waals surface area contributed by atoms with Crippen molar-refractivity contribution >= 4 is 35.0 Å². The molecular formula is C27H24ClFN2O5. The number of halogens is 2. The molecule has 7 nitrogen and oxygen atoms in total. The minimum Gasteiger partial charge on any atom is -0.493 e. The third-order valence-electron chi connectivity index (χ3n) is 6.01. The fourth-order valence-corrected chi connectivity index (χ4v) is 4.32. The van der Waals surface area contributed by atoms with Crippen molar-refractivity contribution in [1.82, 2.24) is 4.90 Å². The summed E-state index contributed by atoms with van der Waals surface area (Å²) in [6.07, 6.45) is 0.175. The first-order valence-electron chi connectivity index (χ1n) is 11.2. The lowest BCUT2D eigenvalue weighted by Gasteiger charge is -2.28. The van der Waals surface area contributed by atoms with E-state index in [0.717, 1.165) is 16.5 Å². The summed E-state index contributed by atoms with van der Waals surface area (Å²) < 4.78 is 24.5. The predicted molar refractivity (Wildman–Crippen MR) is 133 cm³/mol. The summed E-state index contributed by atoms with van der Waals surface area (Å²) in [5.74, 6) is -0.991. The lowest BCUT2D eigenvalue weighted by atomic mass is 10.1. The van der Waals surface area contributed by atoms with Crippen molar-refractivity contribution in [2.24, 2.45) is 0 Å². The van der Waals surface area contributed by atoms with E-state index in [2.05, 4.69) is 0 Å². The SMILES string of the molecule is COc1ccc(CCN(C(=O)c2cccc(F)c2)[C@@H]2CC(=O)N(c3ccc(Cl)cc3)C2=O)cc1OC. The lowest BCUT2D eigenvalue weighted by Crippen LogP contribution is -2.46. The quantitative estimate of drug-likeness (QED) is 0.417. The van der Waals surface area contributed by atoms with Crippen LogP contribution in [0, 0.1) is 5.82 Å². The van der Waals surface area contributed by atoms with Gasteiger partial charge in [0.25, 0.3) is 11.8 Å². The van der Waals surface area contributed by atoms with E-state index in [1.165, 1.54) is 37.3 Å². The van der Waals surface area contributed by atoms with Gasteiger partial charge in [0.1, 0.15) is 11.9 Å². The third kappa shape index (κ3) is 5.18. The Morgan fingerprint density at radius 2 is 1.75 bits per heavy atom. The highest BCUT2D eigenvalue weighted by atomic mass is 35.5. The number of anilines is 1. The maximum atomic E-state index is 13.9. The zero-order valence-corrected chi connectivity index (χ0v) is 20.5. The van der Waals surface area contributed by atoms with Gasteiger partial charge in [0.05, 0.1) is 26.3 Å². The number of rotatable bonds is 8. The number of hydrogen-bond acceptors (Lipinski definition) is 5. The largest absolute Gasteiger partial charge is 0.493 e. The fourth-order valence-electron chi connectivity index (χ4n) is 4.19. The van der Waals surface area contributed by atoms with Crippen molar-refractivity contribution < 1.29 is 28.2 Å². The van der Waals surface area contributed by atoms with Gasteiger partial charge in [0, 0.05) is 17.1 Å². The highest BCUT2D eigenvalue weighted by Gasteiger charge is 2.44. The van der Waals surface area contributed by atoms with Crippen LogP contribution in [-0.4, -0.2) is 49.4 Å². The maximum absolute atomic E-state index is 13.9. The van der Waals surface area contributed by atoms with Crippen LogP contribution in [0.25, 0.3) is 0 Å². The number of ether oxygens (including phenoxy) is 2. The monoisotopic (exact) mass is 510 g/mol. The lowest BCUT2D eigenvalue weighted by molar-refractivity contribution is -0.122. The van der Waals surface area contributed by atoms with Crippen LogP contribution in [-0.2, 0) is 16.0 Å². The molecule has 0 radical (unpaired) electrons. The molecule has 3 aromatic rings. The first kappa shape index (κ1) is 25.2. The Morgan fingerprint density at radius 3 is 2.42 bits per heavy atom. The van der Waals surface area contributed by atoms with Gasteiger partial charge in [-0.05, 0) is 66.6 Å². The van der Waals surface area contributed by atoms with Gasteiger partial charge in [-0.3, -0.25) is 14.4 Å². The Morgan fingerprint density at radius 1 is 1.03 bits per heavy atom. The third-order valence-corrected chi connectivity index (χ3v) is 6.26. The summed E-state index contributed by atoms with van der Waals surface area (Å²) in [6, 6.07) is 15.9. The van der Waals surface area contributed by atoms with Crippen LogP contribution in [0.4, 0.5) is 10.1 Å². The molecular weight excluding hydrogens is 487 g/mol. The Kier molecular flexibility index (Phi) is 7.55. The molecule has 1 atom stereocenters. The van der Waals surface area contributed by atoms with E-state index in [4.69, 9.17) is 21.1 Å². The van der Waals surface area contributed by atoms with Gasteiger partial charge in [-0.2, -0.15) is 0 Å². The van der Waals surface area contributed by atoms with E-state index in [0.29, 0.717) is 28.6 Å². The molecule has 1 heterocycles. The second kappa shape index (κ2) is 10.8. The Balaban J connectivity index is 1.64. The van der Waals surface area contributed by atoms with E-state index >= 15 is 0 Å². The van der Waals surface area contributed by atoms with Crippen molar-refractivity contribution in [1.29, 1.82) is 0 Å². The molecule has 9 heteroatoms. The van der Waals surface area contributed by atoms with Gasteiger partial charge in [-0.1, -0.05) is 23.7 Å². The van der Waals surface area contributed by atoms with Gasteiger partial charge in [0.15, 0.2) is 11.5 Å². The van der Waals surface area contributed by atoms with E-state index in [1.54, 1.807) is 36.4 Å². The number of nitrogens with zero attached hydrogens (tertiary/aromatic N) is 2. The number of carbonyl (C=O) groups is 3. The second-order valence-electron chi connectivity index (χ2n) is 8.21. The number of methoxy groups -OCH3 is 2. The molecule has 0 unspecified atom stereocenters. The number of hydrogen-bond donors (Lipinski definition) is 0. The number of imide groups is 1. The van der Waals surface area contributed by atoms with Crippen LogP contribution < -0.4 is 14.4 Å². The molecule has 0 bridgehead atoms. The van der Waals surface area contributed by atoms with Crippen LogP contribution in [0.1, 0.15) is 22.3 Å². The van der Waals surface area contributed by atoms with Crippen molar-refractivity contribution in [2.75, 3.05) is 25.7 Å². The Bertz CT molecular complexity index is 1300. The number of amides is 3. The van der Waals surface area contributed by atoms with Gasteiger partial charge in [0.2, 0.25) is 5.91 Å². The van der Waals surface area contributed by atoms with E-state index < -0.39 is 29.6 Å². The molecule has 4 rings (SSSR count). The van der Waals surface area contributed by atoms with Crippen LogP contribution >= 0.6 is 11.6 Å². The number of carbonyl (C=O) groups excluding carboxylic acids is 3. The number of benzene rings is 3. The first-order valence-corrected chi connectivity index (χ1v) is 11.6. The van der Waals surface area contributed by atoms with Crippen LogP contribution in [0.15, 0.2) is 66.7 Å². The van der Waals surface area contributed by atoms with Gasteiger partial charge >= 0.3 is 0 Å². The van der Waals surface area contributed by atoms with E-state index in [1.807, 2.05) is 6.07 Å². The van der Waals surface area contributed by atoms with Crippen molar-refractivity contribution in [3.05, 3.63) is 88.7 Å². The van der Waals surface area contributed by atoms with Crippen molar-refractivity contribution in [2.45, 2.75) is 18.9 Å². The summed E-state index contributed by atoms with van der Waals surface area (Å²) in [4.78, 5) is 42.2. The minimum absolute atomic E-state index is 0.0903. The fraction of sp³-hybridized carbons (Fsp3) is 0.222. The summed E-state index contributed by atoms with van der Waals surface area (Å²) in [5.41, 5.74) is 1.29. The zero-order chi connectivity index (χ0) is 25.8. The molecule has 1 aliphatic rings. The second-order valence-corrected chi connectivity index (χ2v) is 8.65. The molecule has 0 aromatic heterocycles. The van der Waals surface area contributed by atoms with Crippen molar-refractivity contribution in [3.8, 4) is 11.5 Å². The molecule has 1 fully saturated rings. The molecule has 36 heavy (non-hydrogen) atoms. The predicted octanol–water partition coefficient (Wildman–Crippen LogP) is 4.51. The summed E-state index contributed by atoms with van der Waals surface area (Å²) >= 11 is 5.94. The topological polar surface area (TPSA) is 76.2 Å². The average molecular weight is 511 g/mol. The molecule has 1 aliphatic heterocycles. The molecule has 0 saturated carbocycles. The molecule has 3 aromatic carbocycles. The van der Waals surface area contributed by atoms with E-state index in [-0.39, 0.29) is 18.5 Å². The minimum atomic E-state index is -1.04. The maximum Gasteiger partial charge on any atom is 0.257 e. The summed E-state index contributed by atoms with van der Waals surface area (Å²) in [5, 5.41) is 0.465. The van der Waals surface area contributed by atoms with Crippen LogP contribution in [0.3, 0.4) is 0 Å². The molecule has 1 saturated heterocycles.